The van der Waals surface area contributed by atoms with E-state index in [1.165, 1.54) is 12.1 Å². The lowest BCUT2D eigenvalue weighted by Crippen LogP contribution is -2.20. The Balaban J connectivity index is 1.71. The average Bonchev–Trinajstić information content (AvgIpc) is 2.71. The van der Waals surface area contributed by atoms with Gasteiger partial charge < -0.3 is 10.3 Å². The number of benzene rings is 2. The SMILES string of the molecule is CC(C)(C)c1ccc(S(=O)(=O)c2cnc(SCC(=O)Nc3cccc(Cl)c3)[nH]c2=O)cc1. The van der Waals surface area contributed by atoms with Gasteiger partial charge in [-0.15, -0.1) is 0 Å². The molecule has 0 unspecified atom stereocenters. The molecule has 0 saturated carbocycles. The largest absolute Gasteiger partial charge is 0.325 e. The molecule has 168 valence electrons. The number of aromatic amines is 1. The first-order chi connectivity index (χ1) is 15.0. The molecular weight excluding hydrogens is 470 g/mol. The van der Waals surface area contributed by atoms with Gasteiger partial charge in [0.1, 0.15) is 0 Å². The molecule has 0 saturated heterocycles. The summed E-state index contributed by atoms with van der Waals surface area (Å²) in [6, 6.07) is 13.1. The van der Waals surface area contributed by atoms with Crippen LogP contribution in [0.25, 0.3) is 0 Å². The minimum absolute atomic E-state index is 0.0131. The number of nitrogens with zero attached hydrogens (tertiary/aromatic N) is 1. The van der Waals surface area contributed by atoms with E-state index in [4.69, 9.17) is 11.6 Å². The molecule has 1 amide bonds. The molecule has 0 fully saturated rings. The number of aromatic nitrogens is 2. The van der Waals surface area contributed by atoms with Gasteiger partial charge in [-0.05, 0) is 41.3 Å². The first kappa shape index (κ1) is 24.0. The number of rotatable bonds is 6. The maximum Gasteiger partial charge on any atom is 0.270 e. The summed E-state index contributed by atoms with van der Waals surface area (Å²) in [4.78, 5) is 30.6. The van der Waals surface area contributed by atoms with Crippen molar-refractivity contribution in [3.8, 4) is 0 Å². The molecule has 1 heterocycles. The monoisotopic (exact) mass is 491 g/mol. The fourth-order valence-corrected chi connectivity index (χ4v) is 4.85. The molecule has 0 aliphatic rings. The highest BCUT2D eigenvalue weighted by Crippen LogP contribution is 2.25. The van der Waals surface area contributed by atoms with E-state index in [1.807, 2.05) is 20.8 Å². The van der Waals surface area contributed by atoms with Crippen LogP contribution in [-0.2, 0) is 20.0 Å². The molecule has 0 aliphatic carbocycles. The predicted molar refractivity (Wildman–Crippen MR) is 126 cm³/mol. The number of amides is 1. The zero-order valence-electron chi connectivity index (χ0n) is 17.7. The Morgan fingerprint density at radius 2 is 1.84 bits per heavy atom. The summed E-state index contributed by atoms with van der Waals surface area (Å²) in [7, 11) is -4.03. The summed E-state index contributed by atoms with van der Waals surface area (Å²) in [5, 5.41) is 3.31. The lowest BCUT2D eigenvalue weighted by atomic mass is 9.87. The molecule has 3 aromatic rings. The highest BCUT2D eigenvalue weighted by molar-refractivity contribution is 7.99. The van der Waals surface area contributed by atoms with E-state index >= 15 is 0 Å². The molecule has 0 atom stereocenters. The smallest absolute Gasteiger partial charge is 0.270 e. The molecule has 3 rings (SSSR count). The van der Waals surface area contributed by atoms with Crippen molar-refractivity contribution in [2.75, 3.05) is 11.1 Å². The van der Waals surface area contributed by atoms with Gasteiger partial charge in [0.25, 0.3) is 5.56 Å². The van der Waals surface area contributed by atoms with Crippen molar-refractivity contribution in [1.82, 2.24) is 9.97 Å². The van der Waals surface area contributed by atoms with Crippen molar-refractivity contribution in [2.24, 2.45) is 0 Å². The molecule has 0 radical (unpaired) electrons. The lowest BCUT2D eigenvalue weighted by molar-refractivity contribution is -0.113. The number of halogens is 1. The van der Waals surface area contributed by atoms with Crippen LogP contribution in [0.3, 0.4) is 0 Å². The quantitative estimate of drug-likeness (QED) is 0.393. The summed E-state index contributed by atoms with van der Waals surface area (Å²) < 4.78 is 25.8. The molecule has 0 aliphatic heterocycles. The van der Waals surface area contributed by atoms with Gasteiger partial charge in [-0.3, -0.25) is 9.59 Å². The van der Waals surface area contributed by atoms with Crippen LogP contribution in [0, 0.1) is 0 Å². The van der Waals surface area contributed by atoms with Gasteiger partial charge in [0.05, 0.1) is 16.8 Å². The van der Waals surface area contributed by atoms with Gasteiger partial charge in [-0.2, -0.15) is 0 Å². The molecule has 2 N–H and O–H groups in total. The van der Waals surface area contributed by atoms with Crippen molar-refractivity contribution in [2.45, 2.75) is 41.1 Å². The normalized spacial score (nSPS) is 11.9. The highest BCUT2D eigenvalue weighted by Gasteiger charge is 2.23. The maximum atomic E-state index is 12.9. The van der Waals surface area contributed by atoms with E-state index < -0.39 is 20.3 Å². The third-order valence-corrected chi connectivity index (χ3v) is 7.40. The van der Waals surface area contributed by atoms with Crippen LogP contribution < -0.4 is 10.9 Å². The van der Waals surface area contributed by atoms with Gasteiger partial charge in [0, 0.05) is 10.7 Å². The van der Waals surface area contributed by atoms with Crippen LogP contribution in [0.2, 0.25) is 5.02 Å². The first-order valence-electron chi connectivity index (χ1n) is 9.60. The number of nitrogens with one attached hydrogen (secondary N) is 2. The van der Waals surface area contributed by atoms with Crippen LogP contribution in [0.15, 0.2) is 74.5 Å². The number of carbonyl (C=O) groups is 1. The number of thioether (sulfide) groups is 1. The van der Waals surface area contributed by atoms with Crippen molar-refractivity contribution < 1.29 is 13.2 Å². The fraction of sp³-hybridized carbons (Fsp3) is 0.227. The number of hydrogen-bond acceptors (Lipinski definition) is 6. The molecule has 0 spiro atoms. The zero-order chi connectivity index (χ0) is 23.5. The zero-order valence-corrected chi connectivity index (χ0v) is 20.1. The maximum absolute atomic E-state index is 12.9. The third-order valence-electron chi connectivity index (χ3n) is 4.51. The van der Waals surface area contributed by atoms with Crippen LogP contribution in [0.4, 0.5) is 5.69 Å². The van der Waals surface area contributed by atoms with E-state index in [9.17, 15) is 18.0 Å². The highest BCUT2D eigenvalue weighted by atomic mass is 35.5. The predicted octanol–water partition coefficient (Wildman–Crippen LogP) is 4.28. The lowest BCUT2D eigenvalue weighted by Gasteiger charge is -2.19. The van der Waals surface area contributed by atoms with Gasteiger partial charge in [-0.25, -0.2) is 13.4 Å². The minimum Gasteiger partial charge on any atom is -0.325 e. The topological polar surface area (TPSA) is 109 Å². The van der Waals surface area contributed by atoms with Crippen LogP contribution in [0.5, 0.6) is 0 Å². The minimum atomic E-state index is -4.03. The van der Waals surface area contributed by atoms with Crippen molar-refractivity contribution in [1.29, 1.82) is 0 Å². The summed E-state index contributed by atoms with van der Waals surface area (Å²) in [5.41, 5.74) is 0.603. The molecular formula is C22H22ClN3O4S2. The first-order valence-corrected chi connectivity index (χ1v) is 12.4. The summed E-state index contributed by atoms with van der Waals surface area (Å²) in [6.07, 6.45) is 1.02. The third kappa shape index (κ3) is 5.79. The molecule has 2 aromatic carbocycles. The van der Waals surface area contributed by atoms with Crippen LogP contribution >= 0.6 is 23.4 Å². The van der Waals surface area contributed by atoms with E-state index in [1.54, 1.807) is 36.4 Å². The second kappa shape index (κ2) is 9.48. The number of hydrogen-bond donors (Lipinski definition) is 2. The van der Waals surface area contributed by atoms with Gasteiger partial charge >= 0.3 is 0 Å². The molecule has 32 heavy (non-hydrogen) atoms. The van der Waals surface area contributed by atoms with Crippen molar-refractivity contribution in [3.05, 3.63) is 75.7 Å². The van der Waals surface area contributed by atoms with E-state index in [2.05, 4.69) is 15.3 Å². The Kier molecular flexibility index (Phi) is 7.12. The van der Waals surface area contributed by atoms with Crippen LogP contribution in [-0.4, -0.2) is 30.0 Å². The van der Waals surface area contributed by atoms with Crippen LogP contribution in [0.1, 0.15) is 26.3 Å². The van der Waals surface area contributed by atoms with Crippen molar-refractivity contribution in [3.63, 3.8) is 0 Å². The van der Waals surface area contributed by atoms with Crippen molar-refractivity contribution >= 4 is 44.8 Å². The molecule has 0 bridgehead atoms. The van der Waals surface area contributed by atoms with Gasteiger partial charge in [0.15, 0.2) is 10.1 Å². The fourth-order valence-electron chi connectivity index (χ4n) is 2.79. The second-order valence-electron chi connectivity index (χ2n) is 8.01. The summed E-state index contributed by atoms with van der Waals surface area (Å²) in [6.45, 7) is 6.07. The van der Waals surface area contributed by atoms with E-state index in [0.29, 0.717) is 10.7 Å². The Hall–Kier alpha value is -2.62. The molecule has 10 heteroatoms. The molecule has 1 aromatic heterocycles. The number of sulfone groups is 1. The number of anilines is 1. The summed E-state index contributed by atoms with van der Waals surface area (Å²) in [5.74, 6) is -0.355. The Bertz CT molecular complexity index is 1300. The standard InChI is InChI=1S/C22H22ClN3O4S2/c1-22(2,3)14-7-9-17(10-8-14)32(29,30)18-12-24-21(26-20(18)28)31-13-19(27)25-16-6-4-5-15(23)11-16/h4-12H,13H2,1-3H3,(H,25,27)(H,24,26,28). The average molecular weight is 492 g/mol. The molecule has 7 nitrogen and oxygen atoms in total. The van der Waals surface area contributed by atoms with E-state index in [-0.39, 0.29) is 27.1 Å². The Morgan fingerprint density at radius 3 is 2.44 bits per heavy atom. The number of carbonyl (C=O) groups excluding carboxylic acids is 1. The number of H-pyrrole nitrogens is 1. The second-order valence-corrected chi connectivity index (χ2v) is 11.3. The van der Waals surface area contributed by atoms with E-state index in [0.717, 1.165) is 23.5 Å². The van der Waals surface area contributed by atoms with Gasteiger partial charge in [0.2, 0.25) is 15.7 Å². The summed E-state index contributed by atoms with van der Waals surface area (Å²) >= 11 is 6.87. The Morgan fingerprint density at radius 1 is 1.16 bits per heavy atom. The Labute approximate surface area is 195 Å². The van der Waals surface area contributed by atoms with Gasteiger partial charge in [-0.1, -0.05) is 62.3 Å².